The standard InChI is InChI=1S/C17H30N4O.HI/c1-6-14(2)20-17(18-3)19-13-15-8-7-9-16(12-15)22-11-10-21(4)5;/h7-9,12,14H,6,10-11,13H2,1-5H3,(H2,18,19,20);1H. The molecule has 0 aliphatic rings. The number of hydrogen-bond donors (Lipinski definition) is 2. The van der Waals surface area contributed by atoms with Crippen molar-refractivity contribution >= 4 is 29.9 Å². The molecule has 0 bridgehead atoms. The van der Waals surface area contributed by atoms with Crippen molar-refractivity contribution in [2.75, 3.05) is 34.3 Å². The first-order chi connectivity index (χ1) is 10.5. The summed E-state index contributed by atoms with van der Waals surface area (Å²) in [5, 5.41) is 6.68. The Morgan fingerprint density at radius 3 is 2.70 bits per heavy atom. The third-order valence-corrected chi connectivity index (χ3v) is 3.38. The zero-order valence-corrected chi connectivity index (χ0v) is 17.3. The van der Waals surface area contributed by atoms with E-state index in [0.717, 1.165) is 31.2 Å². The van der Waals surface area contributed by atoms with Gasteiger partial charge in [0.05, 0.1) is 0 Å². The Labute approximate surface area is 157 Å². The minimum Gasteiger partial charge on any atom is -0.492 e. The molecule has 1 aromatic rings. The van der Waals surface area contributed by atoms with E-state index in [2.05, 4.69) is 46.5 Å². The van der Waals surface area contributed by atoms with Crippen molar-refractivity contribution in [3.8, 4) is 5.75 Å². The van der Waals surface area contributed by atoms with E-state index in [4.69, 9.17) is 4.74 Å². The smallest absolute Gasteiger partial charge is 0.191 e. The summed E-state index contributed by atoms with van der Waals surface area (Å²) in [5.41, 5.74) is 1.18. The molecule has 0 saturated carbocycles. The molecule has 0 radical (unpaired) electrons. The first-order valence-corrected chi connectivity index (χ1v) is 7.88. The summed E-state index contributed by atoms with van der Waals surface area (Å²) in [5.74, 6) is 1.74. The average Bonchev–Trinajstić information content (AvgIpc) is 2.51. The Hall–Kier alpha value is -1.02. The monoisotopic (exact) mass is 434 g/mol. The number of hydrogen-bond acceptors (Lipinski definition) is 3. The number of benzene rings is 1. The Morgan fingerprint density at radius 1 is 1.35 bits per heavy atom. The van der Waals surface area contributed by atoms with Gasteiger partial charge in [0, 0.05) is 26.2 Å². The van der Waals surface area contributed by atoms with Gasteiger partial charge in [0.15, 0.2) is 5.96 Å². The molecule has 1 unspecified atom stereocenters. The first-order valence-electron chi connectivity index (χ1n) is 7.88. The highest BCUT2D eigenvalue weighted by Crippen LogP contribution is 2.13. The van der Waals surface area contributed by atoms with Gasteiger partial charge in [0.2, 0.25) is 0 Å². The van der Waals surface area contributed by atoms with Gasteiger partial charge in [0.25, 0.3) is 0 Å². The van der Waals surface area contributed by atoms with Crippen LogP contribution in [-0.4, -0.2) is 51.2 Å². The van der Waals surface area contributed by atoms with Gasteiger partial charge in [-0.1, -0.05) is 19.1 Å². The van der Waals surface area contributed by atoms with Crippen LogP contribution in [-0.2, 0) is 6.54 Å². The van der Waals surface area contributed by atoms with E-state index in [0.29, 0.717) is 12.6 Å². The average molecular weight is 434 g/mol. The van der Waals surface area contributed by atoms with Crippen molar-refractivity contribution in [2.24, 2.45) is 4.99 Å². The quantitative estimate of drug-likeness (QED) is 0.375. The van der Waals surface area contributed by atoms with Crippen LogP contribution in [0, 0.1) is 0 Å². The molecule has 2 N–H and O–H groups in total. The van der Waals surface area contributed by atoms with Crippen molar-refractivity contribution < 1.29 is 4.74 Å². The molecule has 0 aromatic heterocycles. The molecular weight excluding hydrogens is 403 g/mol. The number of halogens is 1. The van der Waals surface area contributed by atoms with Gasteiger partial charge in [-0.25, -0.2) is 0 Å². The Bertz CT molecular complexity index is 466. The van der Waals surface area contributed by atoms with E-state index in [1.807, 2.05) is 26.2 Å². The maximum absolute atomic E-state index is 5.76. The SMILES string of the molecule is CCC(C)NC(=NC)NCc1cccc(OCCN(C)C)c1.I. The van der Waals surface area contributed by atoms with Crippen molar-refractivity contribution in [1.29, 1.82) is 0 Å². The lowest BCUT2D eigenvalue weighted by Crippen LogP contribution is -2.41. The normalized spacial score (nSPS) is 12.5. The predicted molar refractivity (Wildman–Crippen MR) is 109 cm³/mol. The first kappa shape index (κ1) is 22.0. The van der Waals surface area contributed by atoms with Crippen LogP contribution in [0.4, 0.5) is 0 Å². The summed E-state index contributed by atoms with van der Waals surface area (Å²) >= 11 is 0. The molecule has 0 aliphatic heterocycles. The molecule has 23 heavy (non-hydrogen) atoms. The van der Waals surface area contributed by atoms with Crippen LogP contribution in [0.15, 0.2) is 29.3 Å². The maximum Gasteiger partial charge on any atom is 0.191 e. The number of ether oxygens (including phenoxy) is 1. The second-order valence-electron chi connectivity index (χ2n) is 5.68. The third-order valence-electron chi connectivity index (χ3n) is 3.38. The summed E-state index contributed by atoms with van der Waals surface area (Å²) in [4.78, 5) is 6.35. The molecule has 1 aromatic carbocycles. The number of likely N-dealkylation sites (N-methyl/N-ethyl adjacent to an activating group) is 1. The highest BCUT2D eigenvalue weighted by Gasteiger charge is 2.03. The third kappa shape index (κ3) is 9.65. The molecular formula is C17H31IN4O. The largest absolute Gasteiger partial charge is 0.492 e. The van der Waals surface area contributed by atoms with Gasteiger partial charge < -0.3 is 20.3 Å². The molecule has 0 heterocycles. The van der Waals surface area contributed by atoms with E-state index in [1.54, 1.807) is 7.05 Å². The molecule has 0 aliphatic carbocycles. The van der Waals surface area contributed by atoms with Crippen LogP contribution < -0.4 is 15.4 Å². The summed E-state index contributed by atoms with van der Waals surface area (Å²) in [6.07, 6.45) is 1.07. The minimum absolute atomic E-state index is 0. The number of nitrogens with zero attached hydrogens (tertiary/aromatic N) is 2. The Kier molecular flexibility index (Phi) is 11.9. The summed E-state index contributed by atoms with van der Waals surface area (Å²) in [6, 6.07) is 8.58. The lowest BCUT2D eigenvalue weighted by atomic mass is 10.2. The topological polar surface area (TPSA) is 48.9 Å². The maximum atomic E-state index is 5.76. The van der Waals surface area contributed by atoms with Crippen molar-refractivity contribution in [2.45, 2.75) is 32.9 Å². The molecule has 5 nitrogen and oxygen atoms in total. The molecule has 6 heteroatoms. The summed E-state index contributed by atoms with van der Waals surface area (Å²) < 4.78 is 5.76. The number of nitrogens with one attached hydrogen (secondary N) is 2. The van der Waals surface area contributed by atoms with Crippen LogP contribution >= 0.6 is 24.0 Å². The fourth-order valence-electron chi connectivity index (χ4n) is 1.81. The van der Waals surface area contributed by atoms with Crippen molar-refractivity contribution in [1.82, 2.24) is 15.5 Å². The Morgan fingerprint density at radius 2 is 2.09 bits per heavy atom. The molecule has 0 spiro atoms. The zero-order valence-electron chi connectivity index (χ0n) is 14.9. The van der Waals surface area contributed by atoms with Crippen LogP contribution in [0.25, 0.3) is 0 Å². The molecule has 1 rings (SSSR count). The van der Waals surface area contributed by atoms with Gasteiger partial charge in [-0.3, -0.25) is 4.99 Å². The fraction of sp³-hybridized carbons (Fsp3) is 0.588. The summed E-state index contributed by atoms with van der Waals surface area (Å²) in [7, 11) is 5.87. The van der Waals surface area contributed by atoms with E-state index in [-0.39, 0.29) is 24.0 Å². The molecule has 0 fully saturated rings. The number of guanidine groups is 1. The Balaban J connectivity index is 0.00000484. The lowest BCUT2D eigenvalue weighted by molar-refractivity contribution is 0.261. The molecule has 0 saturated heterocycles. The van der Waals surface area contributed by atoms with Gasteiger partial charge in [-0.05, 0) is 45.1 Å². The highest BCUT2D eigenvalue weighted by atomic mass is 127. The van der Waals surface area contributed by atoms with Crippen molar-refractivity contribution in [3.05, 3.63) is 29.8 Å². The fourth-order valence-corrected chi connectivity index (χ4v) is 1.81. The lowest BCUT2D eigenvalue weighted by Gasteiger charge is -2.17. The number of aliphatic imine (C=N–C) groups is 1. The van der Waals surface area contributed by atoms with Crippen LogP contribution in [0.2, 0.25) is 0 Å². The second-order valence-corrected chi connectivity index (χ2v) is 5.68. The zero-order chi connectivity index (χ0) is 16.4. The van der Waals surface area contributed by atoms with Crippen molar-refractivity contribution in [3.63, 3.8) is 0 Å². The minimum atomic E-state index is 0. The predicted octanol–water partition coefficient (Wildman–Crippen LogP) is 2.71. The van der Waals surface area contributed by atoms with Crippen LogP contribution in [0.1, 0.15) is 25.8 Å². The molecule has 132 valence electrons. The van der Waals surface area contributed by atoms with Gasteiger partial charge in [0.1, 0.15) is 12.4 Å². The van der Waals surface area contributed by atoms with Crippen LogP contribution in [0.3, 0.4) is 0 Å². The van der Waals surface area contributed by atoms with E-state index in [9.17, 15) is 0 Å². The second kappa shape index (κ2) is 12.4. The molecule has 0 amide bonds. The van der Waals surface area contributed by atoms with Crippen LogP contribution in [0.5, 0.6) is 5.75 Å². The van der Waals surface area contributed by atoms with E-state index < -0.39 is 0 Å². The van der Waals surface area contributed by atoms with E-state index >= 15 is 0 Å². The van der Waals surface area contributed by atoms with Gasteiger partial charge >= 0.3 is 0 Å². The number of rotatable bonds is 8. The van der Waals surface area contributed by atoms with Gasteiger partial charge in [-0.15, -0.1) is 24.0 Å². The molecule has 1 atom stereocenters. The summed E-state index contributed by atoms with van der Waals surface area (Å²) in [6.45, 7) is 6.63. The van der Waals surface area contributed by atoms with E-state index in [1.165, 1.54) is 5.56 Å². The van der Waals surface area contributed by atoms with Gasteiger partial charge in [-0.2, -0.15) is 0 Å². The highest BCUT2D eigenvalue weighted by molar-refractivity contribution is 14.0.